The van der Waals surface area contributed by atoms with Gasteiger partial charge in [0, 0.05) is 14.1 Å². The van der Waals surface area contributed by atoms with Crippen LogP contribution in [0.4, 0.5) is 0 Å². The first-order valence-corrected chi connectivity index (χ1v) is 8.60. The van der Waals surface area contributed by atoms with Crippen LogP contribution in [0.15, 0.2) is 50.0 Å². The number of aromatic nitrogens is 3. The van der Waals surface area contributed by atoms with Gasteiger partial charge in [0.2, 0.25) is 5.91 Å². The van der Waals surface area contributed by atoms with Crippen LogP contribution in [0, 0.1) is 0 Å². The smallest absolute Gasteiger partial charge is 0.272 e. The average Bonchev–Trinajstić information content (AvgIpc) is 2.63. The second-order valence-corrected chi connectivity index (χ2v) is 6.14. The first-order chi connectivity index (χ1) is 11.9. The van der Waals surface area contributed by atoms with Gasteiger partial charge in [-0.15, -0.1) is 0 Å². The number of hydrogen-bond donors (Lipinski definition) is 1. The Morgan fingerprint density at radius 2 is 1.92 bits per heavy atom. The maximum Gasteiger partial charge on any atom is 0.346 e. The van der Waals surface area contributed by atoms with Gasteiger partial charge in [0.25, 0.3) is 5.56 Å². The molecule has 0 bridgehead atoms. The molecule has 0 atom stereocenters. The van der Waals surface area contributed by atoms with Crippen LogP contribution >= 0.6 is 11.8 Å². The first-order valence-electron chi connectivity index (χ1n) is 7.62. The van der Waals surface area contributed by atoms with E-state index in [2.05, 4.69) is 15.6 Å². The van der Waals surface area contributed by atoms with Crippen molar-refractivity contribution in [2.24, 2.45) is 19.2 Å². The lowest BCUT2D eigenvalue weighted by Crippen LogP contribution is -2.39. The van der Waals surface area contributed by atoms with Crippen molar-refractivity contribution in [3.8, 4) is 0 Å². The Labute approximate surface area is 148 Å². The van der Waals surface area contributed by atoms with E-state index in [0.29, 0.717) is 6.42 Å². The maximum absolute atomic E-state index is 12.0. The van der Waals surface area contributed by atoms with E-state index in [1.54, 1.807) is 0 Å². The van der Waals surface area contributed by atoms with Crippen LogP contribution in [-0.2, 0) is 18.9 Å². The molecule has 1 aromatic carbocycles. The normalized spacial score (nSPS) is 11.4. The molecule has 2 aromatic rings. The molecule has 0 saturated heterocycles. The van der Waals surface area contributed by atoms with Gasteiger partial charge in [0.1, 0.15) is 0 Å². The summed E-state index contributed by atoms with van der Waals surface area (Å²) in [5.41, 5.74) is 3.14. The third-order valence-electron chi connectivity index (χ3n) is 3.39. The van der Waals surface area contributed by atoms with E-state index in [9.17, 15) is 14.4 Å². The van der Waals surface area contributed by atoms with E-state index in [4.69, 9.17) is 0 Å². The molecular formula is C16H19N5O3S. The monoisotopic (exact) mass is 361 g/mol. The van der Waals surface area contributed by atoms with Gasteiger partial charge in [-0.2, -0.15) is 10.2 Å². The highest BCUT2D eigenvalue weighted by Gasteiger charge is 2.11. The Bertz CT molecular complexity index is 902. The molecule has 0 spiro atoms. The van der Waals surface area contributed by atoms with Crippen LogP contribution in [0.2, 0.25) is 0 Å². The van der Waals surface area contributed by atoms with E-state index in [1.807, 2.05) is 37.3 Å². The first kappa shape index (κ1) is 18.7. The summed E-state index contributed by atoms with van der Waals surface area (Å²) in [5, 5.41) is 8.11. The molecule has 0 radical (unpaired) electrons. The molecule has 0 saturated carbocycles. The molecule has 0 unspecified atom stereocenters. The van der Waals surface area contributed by atoms with Gasteiger partial charge < -0.3 is 0 Å². The van der Waals surface area contributed by atoms with Crippen LogP contribution in [0.3, 0.4) is 0 Å². The van der Waals surface area contributed by atoms with Crippen molar-refractivity contribution in [1.82, 2.24) is 19.8 Å². The number of hydrazone groups is 1. The number of hydrogen-bond acceptors (Lipinski definition) is 6. The number of amides is 1. The summed E-state index contributed by atoms with van der Waals surface area (Å²) < 4.78 is 2.01. The number of carbonyl (C=O) groups is 1. The molecule has 2 rings (SSSR count). The fourth-order valence-corrected chi connectivity index (χ4v) is 2.81. The fraction of sp³-hybridized carbons (Fsp3) is 0.312. The largest absolute Gasteiger partial charge is 0.346 e. The molecular weight excluding hydrogens is 342 g/mol. The second-order valence-electron chi connectivity index (χ2n) is 5.18. The van der Waals surface area contributed by atoms with Gasteiger partial charge in [-0.25, -0.2) is 14.9 Å². The number of rotatable bonds is 6. The zero-order valence-electron chi connectivity index (χ0n) is 14.2. The van der Waals surface area contributed by atoms with Crippen molar-refractivity contribution in [2.45, 2.75) is 18.4 Å². The molecule has 1 N–H and O–H groups in total. The van der Waals surface area contributed by atoms with E-state index in [0.717, 1.165) is 32.3 Å². The summed E-state index contributed by atoms with van der Waals surface area (Å²) in [4.78, 5) is 35.5. The van der Waals surface area contributed by atoms with Crippen LogP contribution < -0.4 is 16.7 Å². The zero-order chi connectivity index (χ0) is 18.4. The Balaban J connectivity index is 2.03. The molecule has 8 nitrogen and oxygen atoms in total. The van der Waals surface area contributed by atoms with Gasteiger partial charge in [-0.1, -0.05) is 49.0 Å². The summed E-state index contributed by atoms with van der Waals surface area (Å²) >= 11 is 0.962. The van der Waals surface area contributed by atoms with Crippen molar-refractivity contribution in [2.75, 3.05) is 5.75 Å². The highest BCUT2D eigenvalue weighted by Crippen LogP contribution is 2.08. The Kier molecular flexibility index (Phi) is 6.29. The number of nitrogens with zero attached hydrogens (tertiary/aromatic N) is 4. The minimum absolute atomic E-state index is 0.0320. The highest BCUT2D eigenvalue weighted by atomic mass is 32.2. The zero-order valence-corrected chi connectivity index (χ0v) is 15.0. The highest BCUT2D eigenvalue weighted by molar-refractivity contribution is 7.99. The van der Waals surface area contributed by atoms with Crippen molar-refractivity contribution in [1.29, 1.82) is 0 Å². The van der Waals surface area contributed by atoms with Crippen molar-refractivity contribution >= 4 is 23.4 Å². The van der Waals surface area contributed by atoms with Gasteiger partial charge in [-0.3, -0.25) is 14.2 Å². The lowest BCUT2D eigenvalue weighted by molar-refractivity contribution is -0.118. The summed E-state index contributed by atoms with van der Waals surface area (Å²) in [5.74, 6) is -0.389. The predicted octanol–water partition coefficient (Wildman–Crippen LogP) is 0.502. The van der Waals surface area contributed by atoms with Gasteiger partial charge in [-0.05, 0) is 12.0 Å². The topological polar surface area (TPSA) is 98.3 Å². The second kappa shape index (κ2) is 8.43. The number of aryl methyl sites for hydroxylation is 1. The van der Waals surface area contributed by atoms with E-state index < -0.39 is 11.2 Å². The summed E-state index contributed by atoms with van der Waals surface area (Å²) in [6.45, 7) is 1.95. The molecule has 132 valence electrons. The Morgan fingerprint density at radius 1 is 1.24 bits per heavy atom. The number of nitrogens with one attached hydrogen (secondary N) is 1. The van der Waals surface area contributed by atoms with Crippen LogP contribution in [0.1, 0.15) is 18.9 Å². The molecule has 0 aliphatic carbocycles. The van der Waals surface area contributed by atoms with Crippen LogP contribution in [0.5, 0.6) is 0 Å². The number of benzene rings is 1. The van der Waals surface area contributed by atoms with Crippen molar-refractivity contribution < 1.29 is 4.79 Å². The van der Waals surface area contributed by atoms with Gasteiger partial charge in [0.05, 0.1) is 11.5 Å². The molecule has 0 aliphatic heterocycles. The molecule has 1 aromatic heterocycles. The standard InChI is InChI=1S/C16H19N5O3S/c1-4-12(11-8-6-5-7-9-11)17-18-13(22)10-25-14-15(23)20(2)16(24)21(3)19-14/h5-9H,4,10H2,1-3H3,(H,18,22)/b17-12-. The van der Waals surface area contributed by atoms with Gasteiger partial charge >= 0.3 is 5.69 Å². The average molecular weight is 361 g/mol. The Morgan fingerprint density at radius 3 is 2.56 bits per heavy atom. The van der Waals surface area contributed by atoms with Crippen molar-refractivity contribution in [3.63, 3.8) is 0 Å². The van der Waals surface area contributed by atoms with E-state index >= 15 is 0 Å². The summed E-state index contributed by atoms with van der Waals surface area (Å²) in [7, 11) is 2.82. The lowest BCUT2D eigenvalue weighted by atomic mass is 10.1. The van der Waals surface area contributed by atoms with E-state index in [-0.39, 0.29) is 16.7 Å². The quantitative estimate of drug-likeness (QED) is 0.459. The molecule has 9 heteroatoms. The molecule has 1 heterocycles. The molecule has 25 heavy (non-hydrogen) atoms. The Hall–Kier alpha value is -2.68. The molecule has 0 aliphatic rings. The summed E-state index contributed by atoms with van der Waals surface area (Å²) in [6, 6.07) is 9.55. The van der Waals surface area contributed by atoms with Crippen LogP contribution in [-0.4, -0.2) is 31.7 Å². The van der Waals surface area contributed by atoms with Crippen molar-refractivity contribution in [3.05, 3.63) is 56.7 Å². The van der Waals surface area contributed by atoms with E-state index in [1.165, 1.54) is 14.1 Å². The number of thioether (sulfide) groups is 1. The molecule has 0 fully saturated rings. The molecule has 1 amide bonds. The maximum atomic E-state index is 12.0. The van der Waals surface area contributed by atoms with Crippen LogP contribution in [0.25, 0.3) is 0 Å². The lowest BCUT2D eigenvalue weighted by Gasteiger charge is -2.06. The predicted molar refractivity (Wildman–Crippen MR) is 96.9 cm³/mol. The summed E-state index contributed by atoms with van der Waals surface area (Å²) in [6.07, 6.45) is 0.667. The minimum Gasteiger partial charge on any atom is -0.272 e. The fourth-order valence-electron chi connectivity index (χ4n) is 2.03. The minimum atomic E-state index is -0.525. The SMILES string of the molecule is CC/C(=N/NC(=O)CSc1nn(C)c(=O)n(C)c1=O)c1ccccc1. The van der Waals surface area contributed by atoms with Gasteiger partial charge in [0.15, 0.2) is 5.03 Å². The number of carbonyl (C=O) groups excluding carboxylic acids is 1. The third kappa shape index (κ3) is 4.66. The third-order valence-corrected chi connectivity index (χ3v) is 4.33.